The smallest absolute Gasteiger partial charge is 0.318 e. The average Bonchev–Trinajstić information content (AvgIpc) is 2.33. The predicted octanol–water partition coefficient (Wildman–Crippen LogP) is 0.602. The summed E-state index contributed by atoms with van der Waals surface area (Å²) in [7, 11) is -0.986. The van der Waals surface area contributed by atoms with Gasteiger partial charge in [-0.1, -0.05) is 0 Å². The Bertz CT molecular complexity index is 620. The number of halogens is 2. The zero-order valence-electron chi connectivity index (χ0n) is 11.6. The fraction of sp³-hybridized carbons (Fsp3) is 0.417. The molecule has 0 aliphatic heterocycles. The van der Waals surface area contributed by atoms with Gasteiger partial charge < -0.3 is 10.0 Å². The van der Waals surface area contributed by atoms with Gasteiger partial charge in [0, 0.05) is 19.2 Å². The zero-order valence-corrected chi connectivity index (χ0v) is 12.4. The molecule has 0 radical (unpaired) electrons. The first kappa shape index (κ1) is 17.5. The molecule has 118 valence electrons. The second-order valence-electron chi connectivity index (χ2n) is 4.61. The second-order valence-corrected chi connectivity index (χ2v) is 6.52. The van der Waals surface area contributed by atoms with Crippen LogP contribution >= 0.6 is 0 Å². The normalized spacial score (nSPS) is 12.1. The summed E-state index contributed by atoms with van der Waals surface area (Å²) in [6.45, 7) is -0.666. The van der Waals surface area contributed by atoms with Gasteiger partial charge in [-0.25, -0.2) is 17.2 Å². The number of aliphatic carboxylic acids is 1. The molecule has 0 aliphatic carbocycles. The van der Waals surface area contributed by atoms with E-state index in [1.165, 1.54) is 0 Å². The third-order valence-electron chi connectivity index (χ3n) is 2.62. The summed E-state index contributed by atoms with van der Waals surface area (Å²) < 4.78 is 51.7. The molecule has 0 bridgehead atoms. The van der Waals surface area contributed by atoms with Gasteiger partial charge in [-0.05, 0) is 26.2 Å². The van der Waals surface area contributed by atoms with Crippen LogP contribution in [0.1, 0.15) is 0 Å². The van der Waals surface area contributed by atoms with Crippen molar-refractivity contribution in [3.8, 4) is 0 Å². The third kappa shape index (κ3) is 4.73. The fourth-order valence-electron chi connectivity index (χ4n) is 1.57. The lowest BCUT2D eigenvalue weighted by Crippen LogP contribution is -2.40. The van der Waals surface area contributed by atoms with E-state index in [1.807, 2.05) is 0 Å². The maximum absolute atomic E-state index is 13.6. The van der Waals surface area contributed by atoms with Crippen LogP contribution in [0.5, 0.6) is 0 Å². The summed E-state index contributed by atoms with van der Waals surface area (Å²) in [5.74, 6) is -3.53. The summed E-state index contributed by atoms with van der Waals surface area (Å²) in [5, 5.41) is 8.80. The van der Waals surface area contributed by atoms with Crippen LogP contribution in [0.4, 0.5) is 8.78 Å². The first-order valence-electron chi connectivity index (χ1n) is 5.96. The number of hydrogen-bond donors (Lipinski definition) is 1. The van der Waals surface area contributed by atoms with Crippen LogP contribution in [0.2, 0.25) is 0 Å². The molecule has 0 saturated heterocycles. The van der Waals surface area contributed by atoms with Gasteiger partial charge >= 0.3 is 5.97 Å². The number of carboxylic acids is 1. The van der Waals surface area contributed by atoms with Crippen LogP contribution < -0.4 is 0 Å². The van der Waals surface area contributed by atoms with Crippen molar-refractivity contribution in [3.05, 3.63) is 29.8 Å². The van der Waals surface area contributed by atoms with Crippen molar-refractivity contribution in [1.29, 1.82) is 0 Å². The van der Waals surface area contributed by atoms with E-state index in [1.54, 1.807) is 19.0 Å². The molecule has 0 aliphatic rings. The molecule has 0 atom stereocenters. The van der Waals surface area contributed by atoms with Gasteiger partial charge in [0.05, 0.1) is 0 Å². The molecule has 0 spiro atoms. The molecule has 21 heavy (non-hydrogen) atoms. The van der Waals surface area contributed by atoms with Gasteiger partial charge in [0.2, 0.25) is 10.0 Å². The minimum absolute atomic E-state index is 0.127. The van der Waals surface area contributed by atoms with Crippen LogP contribution in [-0.2, 0) is 14.8 Å². The SMILES string of the molecule is CN(C)CCN(CC(=O)O)S(=O)(=O)c1ccc(F)cc1F. The van der Waals surface area contributed by atoms with E-state index in [2.05, 4.69) is 0 Å². The fourth-order valence-corrected chi connectivity index (χ4v) is 3.00. The van der Waals surface area contributed by atoms with Crippen molar-refractivity contribution in [2.75, 3.05) is 33.7 Å². The minimum atomic E-state index is -4.36. The van der Waals surface area contributed by atoms with Gasteiger partial charge in [-0.3, -0.25) is 4.79 Å². The maximum atomic E-state index is 13.6. The Morgan fingerprint density at radius 3 is 2.33 bits per heavy atom. The summed E-state index contributed by atoms with van der Waals surface area (Å²) in [5.41, 5.74) is 0. The van der Waals surface area contributed by atoms with Crippen molar-refractivity contribution in [2.45, 2.75) is 4.90 Å². The van der Waals surface area contributed by atoms with Crippen LogP contribution in [-0.4, -0.2) is 62.4 Å². The first-order chi connectivity index (χ1) is 9.64. The van der Waals surface area contributed by atoms with Crippen LogP contribution in [0.25, 0.3) is 0 Å². The molecule has 0 unspecified atom stereocenters. The number of benzene rings is 1. The number of nitrogens with zero attached hydrogens (tertiary/aromatic N) is 2. The lowest BCUT2D eigenvalue weighted by Gasteiger charge is -2.22. The molecule has 0 fully saturated rings. The van der Waals surface area contributed by atoms with Gasteiger partial charge in [0.25, 0.3) is 0 Å². The Labute approximate surface area is 121 Å². The Hall–Kier alpha value is -1.58. The number of carbonyl (C=O) groups is 1. The lowest BCUT2D eigenvalue weighted by atomic mass is 10.3. The Morgan fingerprint density at radius 1 is 1.24 bits per heavy atom. The third-order valence-corrected chi connectivity index (χ3v) is 4.50. The highest BCUT2D eigenvalue weighted by molar-refractivity contribution is 7.89. The number of carboxylic acid groups (broad SMARTS) is 1. The highest BCUT2D eigenvalue weighted by atomic mass is 32.2. The second kappa shape index (κ2) is 6.92. The quantitative estimate of drug-likeness (QED) is 0.795. The first-order valence-corrected chi connectivity index (χ1v) is 7.40. The zero-order chi connectivity index (χ0) is 16.2. The highest BCUT2D eigenvalue weighted by Gasteiger charge is 2.29. The molecule has 0 amide bonds. The van der Waals surface area contributed by atoms with Gasteiger partial charge in [-0.2, -0.15) is 4.31 Å². The monoisotopic (exact) mass is 322 g/mol. The van der Waals surface area contributed by atoms with Crippen molar-refractivity contribution in [1.82, 2.24) is 9.21 Å². The van der Waals surface area contributed by atoms with E-state index in [0.717, 1.165) is 12.1 Å². The molecule has 0 aromatic heterocycles. The van der Waals surface area contributed by atoms with Crippen molar-refractivity contribution in [3.63, 3.8) is 0 Å². The van der Waals surface area contributed by atoms with E-state index in [0.29, 0.717) is 10.4 Å². The summed E-state index contributed by atoms with van der Waals surface area (Å²) >= 11 is 0. The molecule has 0 saturated carbocycles. The van der Waals surface area contributed by atoms with Crippen LogP contribution in [0.15, 0.2) is 23.1 Å². The van der Waals surface area contributed by atoms with Crippen molar-refractivity contribution < 1.29 is 27.1 Å². The van der Waals surface area contributed by atoms with Crippen LogP contribution in [0, 0.1) is 11.6 Å². The van der Waals surface area contributed by atoms with E-state index >= 15 is 0 Å². The minimum Gasteiger partial charge on any atom is -0.480 e. The van der Waals surface area contributed by atoms with Crippen LogP contribution in [0.3, 0.4) is 0 Å². The van der Waals surface area contributed by atoms with E-state index < -0.39 is 39.1 Å². The van der Waals surface area contributed by atoms with E-state index in [9.17, 15) is 22.0 Å². The lowest BCUT2D eigenvalue weighted by molar-refractivity contribution is -0.137. The number of likely N-dealkylation sites (N-methyl/N-ethyl adjacent to an activating group) is 1. The molecule has 1 aromatic rings. The number of sulfonamides is 1. The summed E-state index contributed by atoms with van der Waals surface area (Å²) in [6.07, 6.45) is 0. The standard InChI is InChI=1S/C12H16F2N2O4S/c1-15(2)5-6-16(8-12(17)18)21(19,20)11-4-3-9(13)7-10(11)14/h3-4,7H,5-6,8H2,1-2H3,(H,17,18). The Kier molecular flexibility index (Phi) is 5.76. The van der Waals surface area contributed by atoms with Crippen molar-refractivity contribution in [2.24, 2.45) is 0 Å². The van der Waals surface area contributed by atoms with Gasteiger partial charge in [0.1, 0.15) is 23.1 Å². The Balaban J connectivity index is 3.16. The predicted molar refractivity (Wildman–Crippen MR) is 71.3 cm³/mol. The summed E-state index contributed by atoms with van der Waals surface area (Å²) in [6, 6.07) is 2.03. The molecular formula is C12H16F2N2O4S. The molecule has 1 rings (SSSR count). The molecule has 1 aromatic carbocycles. The van der Waals surface area contributed by atoms with Gasteiger partial charge in [-0.15, -0.1) is 0 Å². The topological polar surface area (TPSA) is 77.9 Å². The largest absolute Gasteiger partial charge is 0.480 e. The molecule has 0 heterocycles. The molecule has 6 nitrogen and oxygen atoms in total. The molecule has 1 N–H and O–H groups in total. The molecular weight excluding hydrogens is 306 g/mol. The summed E-state index contributed by atoms with van der Waals surface area (Å²) in [4.78, 5) is 11.7. The van der Waals surface area contributed by atoms with E-state index in [4.69, 9.17) is 5.11 Å². The maximum Gasteiger partial charge on any atom is 0.318 e. The van der Waals surface area contributed by atoms with Crippen molar-refractivity contribution >= 4 is 16.0 Å². The number of rotatable bonds is 7. The molecule has 9 heteroatoms. The van der Waals surface area contributed by atoms with Gasteiger partial charge in [0.15, 0.2) is 0 Å². The average molecular weight is 322 g/mol. The number of hydrogen-bond acceptors (Lipinski definition) is 4. The van der Waals surface area contributed by atoms with E-state index in [-0.39, 0.29) is 13.1 Å². The Morgan fingerprint density at radius 2 is 1.86 bits per heavy atom. The highest BCUT2D eigenvalue weighted by Crippen LogP contribution is 2.20.